The predicted molar refractivity (Wildman–Crippen MR) is 114 cm³/mol. The molecule has 5 nitrogen and oxygen atoms in total. The molecule has 0 spiro atoms. The molecule has 0 bridgehead atoms. The molecule has 142 valence electrons. The van der Waals surface area contributed by atoms with Gasteiger partial charge in [-0.25, -0.2) is 4.98 Å². The largest absolute Gasteiger partial charge is 0.350 e. The lowest BCUT2D eigenvalue weighted by atomic mass is 10.1. The number of carbonyl (C=O) groups is 1. The van der Waals surface area contributed by atoms with Crippen molar-refractivity contribution in [3.8, 4) is 5.69 Å². The Hall–Kier alpha value is -2.96. The highest BCUT2D eigenvalue weighted by Crippen LogP contribution is 2.21. The summed E-state index contributed by atoms with van der Waals surface area (Å²) in [6.45, 7) is 0.566. The molecule has 6 heteroatoms. The van der Waals surface area contributed by atoms with Gasteiger partial charge < -0.3 is 10.2 Å². The van der Waals surface area contributed by atoms with E-state index in [4.69, 9.17) is 0 Å². The third kappa shape index (κ3) is 3.69. The van der Waals surface area contributed by atoms with Crippen LogP contribution in [0.15, 0.2) is 71.7 Å². The minimum absolute atomic E-state index is 0.0656. The van der Waals surface area contributed by atoms with Gasteiger partial charge in [-0.05, 0) is 72.9 Å². The van der Waals surface area contributed by atoms with Gasteiger partial charge in [0.25, 0.3) is 5.91 Å². The Morgan fingerprint density at radius 3 is 2.64 bits per heavy atom. The molecule has 0 radical (unpaired) electrons. The molecule has 0 aliphatic rings. The number of nitrogens with one attached hydrogen (secondary N) is 1. The lowest BCUT2D eigenvalue weighted by molar-refractivity contribution is 0.0942. The fourth-order valence-electron chi connectivity index (χ4n) is 3.29. The van der Waals surface area contributed by atoms with Gasteiger partial charge in [0.2, 0.25) is 0 Å². The second-order valence-corrected chi connectivity index (χ2v) is 7.68. The van der Waals surface area contributed by atoms with Crippen LogP contribution in [0.4, 0.5) is 0 Å². The van der Waals surface area contributed by atoms with E-state index in [9.17, 15) is 4.79 Å². The van der Waals surface area contributed by atoms with E-state index in [1.54, 1.807) is 11.3 Å². The Kier molecular flexibility index (Phi) is 5.23. The van der Waals surface area contributed by atoms with E-state index in [1.807, 2.05) is 73.5 Å². The third-order valence-electron chi connectivity index (χ3n) is 4.87. The maximum absolute atomic E-state index is 12.6. The zero-order valence-corrected chi connectivity index (χ0v) is 16.7. The monoisotopic (exact) mass is 390 g/mol. The summed E-state index contributed by atoms with van der Waals surface area (Å²) >= 11 is 1.67. The van der Waals surface area contributed by atoms with Crippen molar-refractivity contribution in [1.82, 2.24) is 19.8 Å². The van der Waals surface area contributed by atoms with E-state index < -0.39 is 0 Å². The van der Waals surface area contributed by atoms with E-state index in [0.29, 0.717) is 12.1 Å². The van der Waals surface area contributed by atoms with Crippen molar-refractivity contribution in [2.24, 2.45) is 0 Å². The zero-order chi connectivity index (χ0) is 19.5. The van der Waals surface area contributed by atoms with Crippen LogP contribution in [0.2, 0.25) is 0 Å². The van der Waals surface area contributed by atoms with E-state index in [0.717, 1.165) is 16.7 Å². The number of imidazole rings is 1. The van der Waals surface area contributed by atoms with Crippen LogP contribution in [0.1, 0.15) is 22.0 Å². The van der Waals surface area contributed by atoms with Crippen molar-refractivity contribution in [2.45, 2.75) is 6.04 Å². The van der Waals surface area contributed by atoms with Crippen LogP contribution in [0.5, 0.6) is 0 Å². The number of thiophene rings is 1. The first-order valence-corrected chi connectivity index (χ1v) is 10.1. The number of para-hydroxylation sites is 2. The number of fused-ring (bicyclic) bond motifs is 1. The van der Waals surface area contributed by atoms with E-state index in [2.05, 4.69) is 32.0 Å². The standard InChI is InChI=1S/C22H22N4OS/c1-25(2)21(17-11-12-28-14-17)13-23-22(27)16-7-9-18(10-8-16)26-15-24-19-5-3-4-6-20(19)26/h3-12,14-15,21H,13H2,1-2H3,(H,23,27)/t21-/m0/s1. The molecular weight excluding hydrogens is 368 g/mol. The minimum atomic E-state index is -0.0656. The number of rotatable bonds is 6. The predicted octanol–water partition coefficient (Wildman–Crippen LogP) is 4.12. The third-order valence-corrected chi connectivity index (χ3v) is 5.57. The molecule has 4 aromatic rings. The van der Waals surface area contributed by atoms with Crippen LogP contribution in [0.25, 0.3) is 16.7 Å². The number of benzene rings is 2. The first-order chi connectivity index (χ1) is 13.6. The van der Waals surface area contributed by atoms with Crippen LogP contribution in [0, 0.1) is 0 Å². The highest BCUT2D eigenvalue weighted by atomic mass is 32.1. The Labute approximate surface area is 168 Å². The fraction of sp³-hybridized carbons (Fsp3) is 0.182. The first kappa shape index (κ1) is 18.4. The molecule has 1 atom stereocenters. The maximum atomic E-state index is 12.6. The van der Waals surface area contributed by atoms with Crippen molar-refractivity contribution in [2.75, 3.05) is 20.6 Å². The average Bonchev–Trinajstić information content (AvgIpc) is 3.38. The summed E-state index contributed by atoms with van der Waals surface area (Å²) in [7, 11) is 4.05. The molecular formula is C22H22N4OS. The van der Waals surface area contributed by atoms with Crippen molar-refractivity contribution >= 4 is 28.3 Å². The summed E-state index contributed by atoms with van der Waals surface area (Å²) in [6, 6.07) is 17.9. The molecule has 4 rings (SSSR count). The van der Waals surface area contributed by atoms with E-state index >= 15 is 0 Å². The summed E-state index contributed by atoms with van der Waals surface area (Å²) in [5.74, 6) is -0.0656. The summed E-state index contributed by atoms with van der Waals surface area (Å²) < 4.78 is 2.02. The highest BCUT2D eigenvalue weighted by molar-refractivity contribution is 7.07. The SMILES string of the molecule is CN(C)[C@@H](CNC(=O)c1ccc(-n2cnc3ccccc32)cc1)c1ccsc1. The highest BCUT2D eigenvalue weighted by Gasteiger charge is 2.16. The summed E-state index contributed by atoms with van der Waals surface area (Å²) in [5.41, 5.74) is 4.85. The number of hydrogen-bond donors (Lipinski definition) is 1. The summed E-state index contributed by atoms with van der Waals surface area (Å²) in [4.78, 5) is 19.1. The van der Waals surface area contributed by atoms with Crippen LogP contribution in [-0.2, 0) is 0 Å². The molecule has 0 saturated carbocycles. The van der Waals surface area contributed by atoms with Crippen LogP contribution in [0.3, 0.4) is 0 Å². The second-order valence-electron chi connectivity index (χ2n) is 6.90. The van der Waals surface area contributed by atoms with Gasteiger partial charge in [-0.1, -0.05) is 12.1 Å². The molecule has 28 heavy (non-hydrogen) atoms. The number of amides is 1. The van der Waals surface area contributed by atoms with Crippen molar-refractivity contribution in [3.63, 3.8) is 0 Å². The van der Waals surface area contributed by atoms with Gasteiger partial charge >= 0.3 is 0 Å². The van der Waals surface area contributed by atoms with E-state index in [-0.39, 0.29) is 11.9 Å². The van der Waals surface area contributed by atoms with Crippen molar-refractivity contribution < 1.29 is 4.79 Å². The quantitative estimate of drug-likeness (QED) is 0.539. The minimum Gasteiger partial charge on any atom is -0.350 e. The van der Waals surface area contributed by atoms with Crippen LogP contribution >= 0.6 is 11.3 Å². The molecule has 0 aliphatic heterocycles. The molecule has 0 fully saturated rings. The molecule has 1 N–H and O–H groups in total. The van der Waals surface area contributed by atoms with Gasteiger partial charge in [-0.3, -0.25) is 9.36 Å². The summed E-state index contributed by atoms with van der Waals surface area (Å²) in [6.07, 6.45) is 1.81. The smallest absolute Gasteiger partial charge is 0.251 e. The normalized spacial score (nSPS) is 12.4. The molecule has 2 aromatic heterocycles. The Bertz CT molecular complexity index is 1070. The topological polar surface area (TPSA) is 50.2 Å². The van der Waals surface area contributed by atoms with Gasteiger partial charge in [0.15, 0.2) is 0 Å². The molecule has 2 aromatic carbocycles. The number of likely N-dealkylation sites (N-methyl/N-ethyl adjacent to an activating group) is 1. The lowest BCUT2D eigenvalue weighted by Crippen LogP contribution is -2.34. The Morgan fingerprint density at radius 2 is 1.93 bits per heavy atom. The molecule has 2 heterocycles. The van der Waals surface area contributed by atoms with Gasteiger partial charge in [0, 0.05) is 17.8 Å². The maximum Gasteiger partial charge on any atom is 0.251 e. The van der Waals surface area contributed by atoms with Gasteiger partial charge in [-0.15, -0.1) is 0 Å². The Morgan fingerprint density at radius 1 is 1.14 bits per heavy atom. The van der Waals surface area contributed by atoms with Crippen LogP contribution < -0.4 is 5.32 Å². The Balaban J connectivity index is 1.47. The molecule has 0 aliphatic carbocycles. The number of hydrogen-bond acceptors (Lipinski definition) is 4. The van der Waals surface area contributed by atoms with Crippen molar-refractivity contribution in [3.05, 3.63) is 82.8 Å². The number of carbonyl (C=O) groups excluding carboxylic acids is 1. The van der Waals surface area contributed by atoms with Gasteiger partial charge in [0.05, 0.1) is 17.1 Å². The molecule has 0 saturated heterocycles. The summed E-state index contributed by atoms with van der Waals surface area (Å²) in [5, 5.41) is 7.25. The van der Waals surface area contributed by atoms with Crippen LogP contribution in [-0.4, -0.2) is 41.0 Å². The average molecular weight is 391 g/mol. The zero-order valence-electron chi connectivity index (χ0n) is 15.9. The molecule has 1 amide bonds. The number of nitrogens with zero attached hydrogens (tertiary/aromatic N) is 3. The first-order valence-electron chi connectivity index (χ1n) is 9.13. The molecule has 0 unspecified atom stereocenters. The number of aromatic nitrogens is 2. The van der Waals surface area contributed by atoms with Gasteiger partial charge in [-0.2, -0.15) is 11.3 Å². The van der Waals surface area contributed by atoms with E-state index in [1.165, 1.54) is 5.56 Å². The van der Waals surface area contributed by atoms with Gasteiger partial charge in [0.1, 0.15) is 6.33 Å². The fourth-order valence-corrected chi connectivity index (χ4v) is 4.00. The lowest BCUT2D eigenvalue weighted by Gasteiger charge is -2.24. The second kappa shape index (κ2) is 7.96. The van der Waals surface area contributed by atoms with Crippen molar-refractivity contribution in [1.29, 1.82) is 0 Å².